The maximum atomic E-state index is 13.3. The number of hydrogen-bond acceptors (Lipinski definition) is 8. The molecule has 0 aliphatic heterocycles. The van der Waals surface area contributed by atoms with Crippen molar-refractivity contribution < 1.29 is 4.74 Å². The van der Waals surface area contributed by atoms with Gasteiger partial charge in [0.1, 0.15) is 5.75 Å². The third-order valence-electron chi connectivity index (χ3n) is 4.47. The predicted molar refractivity (Wildman–Crippen MR) is 110 cm³/mol. The lowest BCUT2D eigenvalue weighted by atomic mass is 10.2. The summed E-state index contributed by atoms with van der Waals surface area (Å²) in [5.41, 5.74) is 1.93. The molecule has 0 aliphatic rings. The molecular formula is C18H14N6O2S2. The molecule has 140 valence electrons. The summed E-state index contributed by atoms with van der Waals surface area (Å²) in [5, 5.41) is 6.14. The Hall–Kier alpha value is -2.98. The lowest BCUT2D eigenvalue weighted by Crippen LogP contribution is -2.20. The fourth-order valence-corrected chi connectivity index (χ4v) is 4.44. The molecule has 0 N–H and O–H groups in total. The molecule has 0 radical (unpaired) electrons. The molecule has 0 amide bonds. The molecule has 0 unspecified atom stereocenters. The van der Waals surface area contributed by atoms with Gasteiger partial charge in [-0.05, 0) is 37.4 Å². The monoisotopic (exact) mass is 410 g/mol. The van der Waals surface area contributed by atoms with Crippen LogP contribution in [0.1, 0.15) is 5.69 Å². The molecule has 0 aliphatic carbocycles. The van der Waals surface area contributed by atoms with E-state index in [4.69, 9.17) is 4.74 Å². The molecule has 0 saturated carbocycles. The summed E-state index contributed by atoms with van der Waals surface area (Å²) in [6.45, 7) is 1.81. The van der Waals surface area contributed by atoms with E-state index in [1.165, 1.54) is 23.1 Å². The number of rotatable bonds is 3. The van der Waals surface area contributed by atoms with Crippen LogP contribution in [0.5, 0.6) is 5.75 Å². The van der Waals surface area contributed by atoms with E-state index in [-0.39, 0.29) is 5.56 Å². The van der Waals surface area contributed by atoms with Gasteiger partial charge in [-0.1, -0.05) is 23.1 Å². The quantitative estimate of drug-likeness (QED) is 0.422. The summed E-state index contributed by atoms with van der Waals surface area (Å²) in [7, 11) is 1.63. The Morgan fingerprint density at radius 3 is 2.82 bits per heavy atom. The van der Waals surface area contributed by atoms with Crippen molar-refractivity contribution in [2.75, 3.05) is 13.4 Å². The molecule has 10 heteroatoms. The van der Waals surface area contributed by atoms with Crippen LogP contribution in [-0.4, -0.2) is 42.5 Å². The highest BCUT2D eigenvalue weighted by atomic mass is 32.2. The number of hydrogen-bond donors (Lipinski definition) is 0. The second-order valence-electron chi connectivity index (χ2n) is 6.09. The third kappa shape index (κ3) is 2.49. The van der Waals surface area contributed by atoms with E-state index >= 15 is 0 Å². The fraction of sp³-hybridized carbons (Fsp3) is 0.167. The standard InChI is InChI=1S/C18H14N6O2S2/c1-9-14-12(24-16(19-9)21-17(22-24)27-3)6-7-23(15(14)25)18-20-11-5-4-10(26-2)8-13(11)28-18/h4-8H,1-3H3. The van der Waals surface area contributed by atoms with Gasteiger partial charge in [-0.25, -0.2) is 9.97 Å². The lowest BCUT2D eigenvalue weighted by molar-refractivity contribution is 0.415. The number of methoxy groups -OCH3 is 1. The summed E-state index contributed by atoms with van der Waals surface area (Å²) in [4.78, 5) is 26.7. The van der Waals surface area contributed by atoms with Gasteiger partial charge in [0.15, 0.2) is 5.13 Å². The Morgan fingerprint density at radius 1 is 1.18 bits per heavy atom. The third-order valence-corrected chi connectivity index (χ3v) is 6.03. The smallest absolute Gasteiger partial charge is 0.268 e. The summed E-state index contributed by atoms with van der Waals surface area (Å²) in [5.74, 6) is 1.24. The molecule has 4 heterocycles. The summed E-state index contributed by atoms with van der Waals surface area (Å²) >= 11 is 2.87. The van der Waals surface area contributed by atoms with Gasteiger partial charge < -0.3 is 4.74 Å². The van der Waals surface area contributed by atoms with Crippen LogP contribution in [0.15, 0.2) is 40.4 Å². The largest absolute Gasteiger partial charge is 0.497 e. The molecule has 4 aromatic heterocycles. The maximum absolute atomic E-state index is 13.3. The van der Waals surface area contributed by atoms with Gasteiger partial charge >= 0.3 is 0 Å². The minimum atomic E-state index is -0.184. The number of ether oxygens (including phenoxy) is 1. The normalized spacial score (nSPS) is 11.7. The maximum Gasteiger partial charge on any atom is 0.268 e. The molecule has 0 fully saturated rings. The van der Waals surface area contributed by atoms with Crippen LogP contribution in [0.3, 0.4) is 0 Å². The molecule has 8 nitrogen and oxygen atoms in total. The van der Waals surface area contributed by atoms with Crippen molar-refractivity contribution >= 4 is 50.0 Å². The highest BCUT2D eigenvalue weighted by Crippen LogP contribution is 2.28. The fourth-order valence-electron chi connectivity index (χ4n) is 3.13. The van der Waals surface area contributed by atoms with E-state index in [2.05, 4.69) is 20.1 Å². The van der Waals surface area contributed by atoms with Gasteiger partial charge in [0.05, 0.1) is 33.9 Å². The average molecular weight is 410 g/mol. The first kappa shape index (κ1) is 17.1. The first-order valence-electron chi connectivity index (χ1n) is 8.37. The van der Waals surface area contributed by atoms with E-state index in [1.807, 2.05) is 37.4 Å². The van der Waals surface area contributed by atoms with Crippen LogP contribution in [0.4, 0.5) is 0 Å². The number of aryl methyl sites for hydroxylation is 1. The molecule has 0 saturated heterocycles. The van der Waals surface area contributed by atoms with Gasteiger partial charge in [0.2, 0.25) is 5.16 Å². The minimum absolute atomic E-state index is 0.184. The van der Waals surface area contributed by atoms with Crippen molar-refractivity contribution in [1.29, 1.82) is 0 Å². The number of thiazole rings is 1. The number of nitrogens with zero attached hydrogens (tertiary/aromatic N) is 6. The SMILES string of the molecule is COc1ccc2nc(-n3ccc4c(c(C)nc5nc(SC)nn54)c3=O)sc2c1. The van der Waals surface area contributed by atoms with Gasteiger partial charge in [-0.2, -0.15) is 9.50 Å². The summed E-state index contributed by atoms with van der Waals surface area (Å²) in [6, 6.07) is 7.51. The highest BCUT2D eigenvalue weighted by molar-refractivity contribution is 7.98. The Kier molecular flexibility index (Phi) is 3.84. The lowest BCUT2D eigenvalue weighted by Gasteiger charge is -2.06. The van der Waals surface area contributed by atoms with Crippen molar-refractivity contribution in [3.63, 3.8) is 0 Å². The number of aromatic nitrogens is 6. The number of benzene rings is 1. The Balaban J connectivity index is 1.77. The Bertz CT molecular complexity index is 1440. The summed E-state index contributed by atoms with van der Waals surface area (Å²) in [6.07, 6.45) is 3.62. The minimum Gasteiger partial charge on any atom is -0.497 e. The number of thioether (sulfide) groups is 1. The Labute approximate surface area is 166 Å². The van der Waals surface area contributed by atoms with E-state index in [0.29, 0.717) is 32.7 Å². The van der Waals surface area contributed by atoms with Gasteiger partial charge in [-0.15, -0.1) is 5.10 Å². The second-order valence-corrected chi connectivity index (χ2v) is 7.87. The average Bonchev–Trinajstić information content (AvgIpc) is 3.30. The Morgan fingerprint density at radius 2 is 2.04 bits per heavy atom. The molecule has 0 spiro atoms. The van der Waals surface area contributed by atoms with Crippen LogP contribution >= 0.6 is 23.1 Å². The van der Waals surface area contributed by atoms with Crippen LogP contribution < -0.4 is 10.3 Å². The van der Waals surface area contributed by atoms with E-state index < -0.39 is 0 Å². The van der Waals surface area contributed by atoms with Gasteiger partial charge in [-0.3, -0.25) is 9.36 Å². The van der Waals surface area contributed by atoms with Crippen LogP contribution in [0.2, 0.25) is 0 Å². The van der Waals surface area contributed by atoms with Gasteiger partial charge in [0, 0.05) is 6.20 Å². The van der Waals surface area contributed by atoms with E-state index in [0.717, 1.165) is 16.0 Å². The highest BCUT2D eigenvalue weighted by Gasteiger charge is 2.16. The number of fused-ring (bicyclic) bond motifs is 4. The molecule has 28 heavy (non-hydrogen) atoms. The van der Waals surface area contributed by atoms with Crippen molar-refractivity contribution in [2.24, 2.45) is 0 Å². The van der Waals surface area contributed by atoms with Crippen LogP contribution in [0, 0.1) is 6.92 Å². The number of pyridine rings is 1. The van der Waals surface area contributed by atoms with Crippen molar-refractivity contribution in [2.45, 2.75) is 12.1 Å². The van der Waals surface area contributed by atoms with Crippen molar-refractivity contribution in [3.8, 4) is 10.9 Å². The van der Waals surface area contributed by atoms with Crippen molar-refractivity contribution in [3.05, 3.63) is 46.5 Å². The second kappa shape index (κ2) is 6.28. The topological polar surface area (TPSA) is 87.2 Å². The van der Waals surface area contributed by atoms with E-state index in [1.54, 1.807) is 22.4 Å². The van der Waals surface area contributed by atoms with E-state index in [9.17, 15) is 4.79 Å². The zero-order chi connectivity index (χ0) is 19.4. The zero-order valence-electron chi connectivity index (χ0n) is 15.2. The molecule has 5 rings (SSSR count). The first-order valence-corrected chi connectivity index (χ1v) is 10.4. The first-order chi connectivity index (χ1) is 13.6. The molecular weight excluding hydrogens is 396 g/mol. The molecule has 5 aromatic rings. The van der Waals surface area contributed by atoms with Crippen LogP contribution in [-0.2, 0) is 0 Å². The molecule has 0 atom stereocenters. The van der Waals surface area contributed by atoms with Crippen LogP contribution in [0.25, 0.3) is 32.0 Å². The predicted octanol–water partition coefficient (Wildman–Crippen LogP) is 3.08. The molecule has 0 bridgehead atoms. The summed E-state index contributed by atoms with van der Waals surface area (Å²) < 4.78 is 9.38. The van der Waals surface area contributed by atoms with Gasteiger partial charge in [0.25, 0.3) is 11.3 Å². The zero-order valence-corrected chi connectivity index (χ0v) is 16.8. The van der Waals surface area contributed by atoms with Crippen molar-refractivity contribution in [1.82, 2.24) is 29.1 Å². The molecule has 1 aromatic carbocycles.